The van der Waals surface area contributed by atoms with Crippen LogP contribution >= 0.6 is 11.3 Å². The Balaban J connectivity index is 1.78. The van der Waals surface area contributed by atoms with Gasteiger partial charge in [0.25, 0.3) is 0 Å². The Labute approximate surface area is 158 Å². The van der Waals surface area contributed by atoms with Gasteiger partial charge in [-0.15, -0.1) is 5.10 Å². The largest absolute Gasteiger partial charge is 0.492 e. The summed E-state index contributed by atoms with van der Waals surface area (Å²) in [7, 11) is 0. The molecule has 138 valence electrons. The van der Waals surface area contributed by atoms with Gasteiger partial charge in [-0.25, -0.2) is 4.98 Å². The number of hydrogen-bond donors (Lipinski definition) is 2. The van der Waals surface area contributed by atoms with Crippen molar-refractivity contribution in [2.75, 3.05) is 13.1 Å². The van der Waals surface area contributed by atoms with Crippen LogP contribution in [-0.2, 0) is 6.42 Å². The van der Waals surface area contributed by atoms with E-state index in [1.54, 1.807) is 15.9 Å². The van der Waals surface area contributed by atoms with Crippen molar-refractivity contribution in [1.82, 2.24) is 14.6 Å². The second-order valence-corrected chi connectivity index (χ2v) is 8.49. The Bertz CT molecular complexity index is 891. The Morgan fingerprint density at radius 2 is 1.81 bits per heavy atom. The molecule has 4 rings (SSSR count). The van der Waals surface area contributed by atoms with E-state index in [0.717, 1.165) is 35.2 Å². The normalized spacial score (nSPS) is 16.8. The first-order chi connectivity index (χ1) is 12.6. The number of rotatable bonds is 5. The standard InChI is InChI=1S/C20H26N4OS/c1-4-16-21-20-24(22-16)19(25)18(26-20)17(23-11-5-6-12-23)15-9-7-14(8-10-15)13(2)3/h7-10,13,17,25H,4-6,11-12H2,1-3H3/p+1/t17-/m0/s1. The number of nitrogens with one attached hydrogen (secondary N) is 1. The molecule has 2 aromatic heterocycles. The maximum absolute atomic E-state index is 10.9. The summed E-state index contributed by atoms with van der Waals surface area (Å²) in [5.41, 5.74) is 2.62. The summed E-state index contributed by atoms with van der Waals surface area (Å²) in [5, 5.41) is 15.3. The maximum atomic E-state index is 10.9. The first-order valence-electron chi connectivity index (χ1n) is 9.60. The van der Waals surface area contributed by atoms with Crippen LogP contribution in [0.5, 0.6) is 5.88 Å². The van der Waals surface area contributed by atoms with Crippen LogP contribution in [0.1, 0.15) is 67.4 Å². The number of nitrogens with zero attached hydrogens (tertiary/aromatic N) is 3. The fourth-order valence-electron chi connectivity index (χ4n) is 3.89. The van der Waals surface area contributed by atoms with Gasteiger partial charge < -0.3 is 10.0 Å². The third-order valence-corrected chi connectivity index (χ3v) is 6.50. The van der Waals surface area contributed by atoms with Crippen molar-refractivity contribution in [3.63, 3.8) is 0 Å². The van der Waals surface area contributed by atoms with Crippen LogP contribution in [0, 0.1) is 0 Å². The SMILES string of the molecule is CCc1nc2sc([C@H](c3ccc(C(C)C)cc3)[NH+]3CCCC3)c(O)n2n1. The van der Waals surface area contributed by atoms with Crippen LogP contribution < -0.4 is 4.90 Å². The monoisotopic (exact) mass is 371 g/mol. The van der Waals surface area contributed by atoms with E-state index < -0.39 is 0 Å². The van der Waals surface area contributed by atoms with Crippen LogP contribution in [-0.4, -0.2) is 32.8 Å². The quantitative estimate of drug-likeness (QED) is 0.725. The predicted octanol–water partition coefficient (Wildman–Crippen LogP) is 2.95. The van der Waals surface area contributed by atoms with Gasteiger partial charge in [-0.2, -0.15) is 4.52 Å². The van der Waals surface area contributed by atoms with Crippen molar-refractivity contribution >= 4 is 16.3 Å². The molecule has 1 fully saturated rings. The lowest BCUT2D eigenvalue weighted by atomic mass is 9.98. The van der Waals surface area contributed by atoms with Crippen molar-refractivity contribution < 1.29 is 10.0 Å². The zero-order chi connectivity index (χ0) is 18.3. The molecule has 0 bridgehead atoms. The predicted molar refractivity (Wildman–Crippen MR) is 104 cm³/mol. The minimum absolute atomic E-state index is 0.150. The number of hydrogen-bond acceptors (Lipinski definition) is 4. The average Bonchev–Trinajstić information content (AvgIpc) is 3.35. The van der Waals surface area contributed by atoms with Crippen LogP contribution in [0.2, 0.25) is 0 Å². The van der Waals surface area contributed by atoms with Gasteiger partial charge in [0.15, 0.2) is 11.9 Å². The molecule has 6 heteroatoms. The second-order valence-electron chi connectivity index (χ2n) is 7.49. The number of quaternary nitrogens is 1. The Hall–Kier alpha value is -1.92. The lowest BCUT2D eigenvalue weighted by Gasteiger charge is -2.24. The number of aromatic nitrogens is 3. The van der Waals surface area contributed by atoms with Crippen LogP contribution in [0.3, 0.4) is 0 Å². The van der Waals surface area contributed by atoms with E-state index in [0.29, 0.717) is 5.92 Å². The first kappa shape index (κ1) is 17.5. The fourth-order valence-corrected chi connectivity index (χ4v) is 5.05. The molecular weight excluding hydrogens is 344 g/mol. The highest BCUT2D eigenvalue weighted by atomic mass is 32.1. The summed E-state index contributed by atoms with van der Waals surface area (Å²) >= 11 is 1.58. The van der Waals surface area contributed by atoms with E-state index in [1.807, 2.05) is 6.92 Å². The highest BCUT2D eigenvalue weighted by Gasteiger charge is 2.34. The number of aryl methyl sites for hydroxylation is 1. The zero-order valence-corrected chi connectivity index (χ0v) is 16.5. The van der Waals surface area contributed by atoms with Gasteiger partial charge in [0.05, 0.1) is 13.1 Å². The second kappa shape index (κ2) is 7.00. The van der Waals surface area contributed by atoms with Crippen LogP contribution in [0.4, 0.5) is 0 Å². The molecule has 0 amide bonds. The zero-order valence-electron chi connectivity index (χ0n) is 15.7. The minimum Gasteiger partial charge on any atom is -0.492 e. The molecule has 1 aliphatic heterocycles. The molecule has 1 aromatic carbocycles. The molecule has 0 aliphatic carbocycles. The van der Waals surface area contributed by atoms with E-state index in [1.165, 1.54) is 28.9 Å². The number of benzene rings is 1. The van der Waals surface area contributed by atoms with Gasteiger partial charge in [0.1, 0.15) is 4.88 Å². The van der Waals surface area contributed by atoms with Gasteiger partial charge in [0, 0.05) is 24.8 Å². The van der Waals surface area contributed by atoms with Crippen molar-refractivity contribution in [1.29, 1.82) is 0 Å². The molecule has 5 nitrogen and oxygen atoms in total. The molecule has 26 heavy (non-hydrogen) atoms. The van der Waals surface area contributed by atoms with E-state index in [9.17, 15) is 5.11 Å². The molecule has 0 radical (unpaired) electrons. The Morgan fingerprint density at radius 1 is 1.15 bits per heavy atom. The number of fused-ring (bicyclic) bond motifs is 1. The van der Waals surface area contributed by atoms with E-state index in [2.05, 4.69) is 48.2 Å². The van der Waals surface area contributed by atoms with E-state index in [4.69, 9.17) is 0 Å². The van der Waals surface area contributed by atoms with Gasteiger partial charge in [0.2, 0.25) is 10.8 Å². The molecule has 0 unspecified atom stereocenters. The first-order valence-corrected chi connectivity index (χ1v) is 10.4. The average molecular weight is 372 g/mol. The topological polar surface area (TPSA) is 54.9 Å². The van der Waals surface area contributed by atoms with Crippen molar-refractivity contribution in [3.8, 4) is 5.88 Å². The molecule has 1 saturated heterocycles. The van der Waals surface area contributed by atoms with Gasteiger partial charge in [-0.05, 0) is 11.5 Å². The van der Waals surface area contributed by atoms with E-state index in [-0.39, 0.29) is 11.9 Å². The highest BCUT2D eigenvalue weighted by molar-refractivity contribution is 7.17. The van der Waals surface area contributed by atoms with Gasteiger partial charge in [-0.3, -0.25) is 0 Å². The lowest BCUT2D eigenvalue weighted by Crippen LogP contribution is -3.10. The molecule has 1 aliphatic rings. The molecule has 0 spiro atoms. The van der Waals surface area contributed by atoms with Crippen molar-refractivity contribution in [2.45, 2.75) is 52.0 Å². The summed E-state index contributed by atoms with van der Waals surface area (Å²) < 4.78 is 1.61. The summed E-state index contributed by atoms with van der Waals surface area (Å²) in [6.45, 7) is 8.75. The fraction of sp³-hybridized carbons (Fsp3) is 0.500. The van der Waals surface area contributed by atoms with Crippen molar-refractivity contribution in [3.05, 3.63) is 46.1 Å². The number of likely N-dealkylation sites (tertiary alicyclic amines) is 1. The van der Waals surface area contributed by atoms with Gasteiger partial charge >= 0.3 is 0 Å². The maximum Gasteiger partial charge on any atom is 0.235 e. The molecular formula is C20H27N4OS+. The summed E-state index contributed by atoms with van der Waals surface area (Å²) in [6, 6.07) is 9.07. The van der Waals surface area contributed by atoms with Crippen molar-refractivity contribution in [2.24, 2.45) is 0 Å². The summed E-state index contributed by atoms with van der Waals surface area (Å²) in [6.07, 6.45) is 3.27. The molecule has 3 heterocycles. The third kappa shape index (κ3) is 3.01. The van der Waals surface area contributed by atoms with Crippen LogP contribution in [0.15, 0.2) is 24.3 Å². The Morgan fingerprint density at radius 3 is 2.38 bits per heavy atom. The van der Waals surface area contributed by atoms with Crippen LogP contribution in [0.25, 0.3) is 4.96 Å². The molecule has 0 saturated carbocycles. The summed E-state index contributed by atoms with van der Waals surface area (Å²) in [4.78, 5) is 7.85. The molecule has 1 atom stereocenters. The third-order valence-electron chi connectivity index (χ3n) is 5.41. The number of aromatic hydroxyl groups is 1. The highest BCUT2D eigenvalue weighted by Crippen LogP contribution is 2.35. The Kier molecular flexibility index (Phi) is 4.71. The summed E-state index contributed by atoms with van der Waals surface area (Å²) in [5.74, 6) is 1.57. The lowest BCUT2D eigenvalue weighted by molar-refractivity contribution is -0.913. The molecule has 2 N–H and O–H groups in total. The van der Waals surface area contributed by atoms with E-state index >= 15 is 0 Å². The smallest absolute Gasteiger partial charge is 0.235 e. The van der Waals surface area contributed by atoms with Gasteiger partial charge in [-0.1, -0.05) is 56.4 Å². The minimum atomic E-state index is 0.150. The molecule has 3 aromatic rings. The number of thiazole rings is 1.